The number of carboxylic acids is 1. The highest BCUT2D eigenvalue weighted by molar-refractivity contribution is 6.34. The molecule has 0 fully saturated rings. The van der Waals surface area contributed by atoms with E-state index in [4.69, 9.17) is 32.6 Å². The fourth-order valence-electron chi connectivity index (χ4n) is 1.55. The van der Waals surface area contributed by atoms with E-state index in [9.17, 15) is 4.79 Å². The molecule has 0 atom stereocenters. The van der Waals surface area contributed by atoms with Crippen LogP contribution in [0.25, 0.3) is 0 Å². The molecule has 0 saturated carbocycles. The molecule has 6 nitrogen and oxygen atoms in total. The van der Waals surface area contributed by atoms with Crippen LogP contribution >= 0.6 is 11.6 Å². The number of nitrogens with zero attached hydrogens (tertiary/aromatic N) is 1. The summed E-state index contributed by atoms with van der Waals surface area (Å²) in [5, 5.41) is 17.1. The summed E-state index contributed by atoms with van der Waals surface area (Å²) in [4.78, 5) is 12.3. The molecule has 0 heterocycles. The summed E-state index contributed by atoms with van der Waals surface area (Å²) in [5.74, 6) is -1.57. The Kier molecular flexibility index (Phi) is 5.40. The normalized spacial score (nSPS) is 11.6. The number of nitrogens with two attached hydrogens (primary N) is 1. The van der Waals surface area contributed by atoms with Gasteiger partial charge in [0.25, 0.3) is 0 Å². The average molecular weight is 298 g/mol. The van der Waals surface area contributed by atoms with E-state index in [0.29, 0.717) is 10.7 Å². The van der Waals surface area contributed by atoms with Gasteiger partial charge in [0.15, 0.2) is 5.96 Å². The molecule has 0 bridgehead atoms. The first-order valence-corrected chi connectivity index (χ1v) is 6.23. The van der Waals surface area contributed by atoms with E-state index in [-0.39, 0.29) is 24.0 Å². The number of para-hydroxylation sites is 1. The maximum Gasteiger partial charge on any atom is 0.336 e. The Balaban J connectivity index is 3.45. The SMILES string of the molecule is CCO/C(=C(/C)C(=O)O)N(C(=N)N)c1ccccc1Cl. The van der Waals surface area contributed by atoms with Crippen LogP contribution in [0.3, 0.4) is 0 Å². The first kappa shape index (κ1) is 15.8. The van der Waals surface area contributed by atoms with Crippen molar-refractivity contribution in [3.05, 3.63) is 40.7 Å². The number of carboxylic acid groups (broad SMARTS) is 1. The third-order valence-corrected chi connectivity index (χ3v) is 2.78. The fraction of sp³-hybridized carbons (Fsp3) is 0.231. The molecule has 1 rings (SSSR count). The van der Waals surface area contributed by atoms with Gasteiger partial charge in [0.05, 0.1) is 22.9 Å². The van der Waals surface area contributed by atoms with Crippen molar-refractivity contribution in [1.29, 1.82) is 5.41 Å². The monoisotopic (exact) mass is 297 g/mol. The molecule has 7 heteroatoms. The number of anilines is 1. The van der Waals surface area contributed by atoms with Crippen LogP contribution in [0.1, 0.15) is 13.8 Å². The zero-order valence-electron chi connectivity index (χ0n) is 11.2. The van der Waals surface area contributed by atoms with Crippen molar-refractivity contribution in [2.45, 2.75) is 13.8 Å². The lowest BCUT2D eigenvalue weighted by atomic mass is 10.2. The van der Waals surface area contributed by atoms with Gasteiger partial charge >= 0.3 is 5.97 Å². The topological polar surface area (TPSA) is 99.6 Å². The molecule has 0 saturated heterocycles. The summed E-state index contributed by atoms with van der Waals surface area (Å²) in [7, 11) is 0. The average Bonchev–Trinajstić information content (AvgIpc) is 2.39. The third-order valence-electron chi connectivity index (χ3n) is 2.46. The predicted molar refractivity (Wildman–Crippen MR) is 77.8 cm³/mol. The van der Waals surface area contributed by atoms with Gasteiger partial charge in [0.1, 0.15) is 0 Å². The Morgan fingerprint density at radius 1 is 1.50 bits per heavy atom. The molecule has 0 aliphatic heterocycles. The minimum Gasteiger partial charge on any atom is -0.478 e. The molecule has 108 valence electrons. The van der Waals surface area contributed by atoms with Gasteiger partial charge in [-0.2, -0.15) is 0 Å². The van der Waals surface area contributed by atoms with E-state index in [0.717, 1.165) is 4.90 Å². The quantitative estimate of drug-likeness (QED) is 0.335. The lowest BCUT2D eigenvalue weighted by Gasteiger charge is -2.26. The molecule has 0 aliphatic rings. The maximum absolute atomic E-state index is 11.2. The van der Waals surface area contributed by atoms with Gasteiger partial charge in [-0.1, -0.05) is 23.7 Å². The second-order valence-corrected chi connectivity index (χ2v) is 4.25. The largest absolute Gasteiger partial charge is 0.478 e. The van der Waals surface area contributed by atoms with Crippen LogP contribution in [0.5, 0.6) is 0 Å². The lowest BCUT2D eigenvalue weighted by Crippen LogP contribution is -2.38. The highest BCUT2D eigenvalue weighted by Gasteiger charge is 2.23. The summed E-state index contributed by atoms with van der Waals surface area (Å²) in [6, 6.07) is 6.67. The van der Waals surface area contributed by atoms with E-state index >= 15 is 0 Å². The van der Waals surface area contributed by atoms with Crippen molar-refractivity contribution in [1.82, 2.24) is 0 Å². The number of hydrogen-bond donors (Lipinski definition) is 3. The molecule has 1 aromatic rings. The molecule has 20 heavy (non-hydrogen) atoms. The smallest absolute Gasteiger partial charge is 0.336 e. The highest BCUT2D eigenvalue weighted by atomic mass is 35.5. The molecule has 0 amide bonds. The van der Waals surface area contributed by atoms with Crippen molar-refractivity contribution < 1.29 is 14.6 Å². The van der Waals surface area contributed by atoms with E-state index in [1.165, 1.54) is 6.92 Å². The minimum atomic E-state index is -1.16. The Labute approximate surface area is 121 Å². The second kappa shape index (κ2) is 6.81. The fourth-order valence-corrected chi connectivity index (χ4v) is 1.77. The van der Waals surface area contributed by atoms with Gasteiger partial charge in [0.2, 0.25) is 5.88 Å². The number of guanidine groups is 1. The molecule has 0 spiro atoms. The Bertz CT molecular complexity index is 558. The molecule has 0 aliphatic carbocycles. The van der Waals surface area contributed by atoms with Crippen LogP contribution in [-0.2, 0) is 9.53 Å². The van der Waals surface area contributed by atoms with Crippen molar-refractivity contribution in [3.63, 3.8) is 0 Å². The molecule has 0 aromatic heterocycles. The van der Waals surface area contributed by atoms with Gasteiger partial charge in [-0.25, -0.2) is 9.69 Å². The summed E-state index contributed by atoms with van der Waals surface area (Å²) < 4.78 is 5.34. The van der Waals surface area contributed by atoms with Crippen molar-refractivity contribution >= 4 is 29.2 Å². The van der Waals surface area contributed by atoms with Crippen LogP contribution in [0, 0.1) is 5.41 Å². The second-order valence-electron chi connectivity index (χ2n) is 3.84. The summed E-state index contributed by atoms with van der Waals surface area (Å²) in [5.41, 5.74) is 5.86. The molecular weight excluding hydrogens is 282 g/mol. The molecule has 4 N–H and O–H groups in total. The standard InChI is InChI=1S/C13H16ClN3O3/c1-3-20-11(8(2)12(18)19)17(13(15)16)10-7-5-4-6-9(10)14/h4-7H,3H2,1-2H3,(H3,15,16)(H,18,19)/b11-8-. The predicted octanol–water partition coefficient (Wildman–Crippen LogP) is 2.39. The van der Waals surface area contributed by atoms with Gasteiger partial charge in [0, 0.05) is 0 Å². The van der Waals surface area contributed by atoms with Crippen molar-refractivity contribution in [2.75, 3.05) is 11.5 Å². The number of nitrogens with one attached hydrogen (secondary N) is 1. The Hall–Kier alpha value is -2.21. The van der Waals surface area contributed by atoms with Gasteiger partial charge in [-0.3, -0.25) is 5.41 Å². The van der Waals surface area contributed by atoms with E-state index in [2.05, 4.69) is 0 Å². The minimum absolute atomic E-state index is 0.0272. The van der Waals surface area contributed by atoms with Gasteiger partial charge in [-0.05, 0) is 26.0 Å². The number of rotatable bonds is 5. The number of aliphatic carboxylic acids is 1. The molecule has 1 aromatic carbocycles. The van der Waals surface area contributed by atoms with E-state index < -0.39 is 5.97 Å². The van der Waals surface area contributed by atoms with Crippen LogP contribution in [0.2, 0.25) is 5.02 Å². The first-order valence-electron chi connectivity index (χ1n) is 5.85. The van der Waals surface area contributed by atoms with Crippen LogP contribution in [-0.4, -0.2) is 23.6 Å². The number of halogens is 1. The number of hydrogen-bond acceptors (Lipinski definition) is 3. The van der Waals surface area contributed by atoms with Crippen LogP contribution < -0.4 is 10.6 Å². The zero-order chi connectivity index (χ0) is 15.3. The van der Waals surface area contributed by atoms with E-state index in [1.807, 2.05) is 0 Å². The summed E-state index contributed by atoms with van der Waals surface area (Å²) in [6.45, 7) is 3.31. The Morgan fingerprint density at radius 3 is 2.55 bits per heavy atom. The van der Waals surface area contributed by atoms with Gasteiger partial charge < -0.3 is 15.6 Å². The number of ether oxygens (including phenoxy) is 1. The van der Waals surface area contributed by atoms with Crippen molar-refractivity contribution in [3.8, 4) is 0 Å². The number of benzene rings is 1. The Morgan fingerprint density at radius 2 is 2.10 bits per heavy atom. The number of carbonyl (C=O) groups is 1. The molecule has 0 radical (unpaired) electrons. The summed E-state index contributed by atoms with van der Waals surface area (Å²) >= 11 is 6.07. The van der Waals surface area contributed by atoms with Gasteiger partial charge in [-0.15, -0.1) is 0 Å². The lowest BCUT2D eigenvalue weighted by molar-refractivity contribution is -0.132. The van der Waals surface area contributed by atoms with Crippen molar-refractivity contribution in [2.24, 2.45) is 5.73 Å². The first-order chi connectivity index (χ1) is 9.40. The van der Waals surface area contributed by atoms with E-state index in [1.54, 1.807) is 31.2 Å². The third kappa shape index (κ3) is 3.42. The highest BCUT2D eigenvalue weighted by Crippen LogP contribution is 2.29. The molecular formula is C13H16ClN3O3. The zero-order valence-corrected chi connectivity index (χ0v) is 11.9. The van der Waals surface area contributed by atoms with Crippen LogP contribution in [0.15, 0.2) is 35.7 Å². The summed E-state index contributed by atoms with van der Waals surface area (Å²) in [6.07, 6.45) is 0. The van der Waals surface area contributed by atoms with Crippen LogP contribution in [0.4, 0.5) is 5.69 Å². The maximum atomic E-state index is 11.2. The molecule has 0 unspecified atom stereocenters.